The van der Waals surface area contributed by atoms with Crippen LogP contribution in [0.1, 0.15) is 21.6 Å². The van der Waals surface area contributed by atoms with E-state index in [1.54, 1.807) is 35.3 Å². The Hall–Kier alpha value is -2.12. The Bertz CT molecular complexity index is 598. The summed E-state index contributed by atoms with van der Waals surface area (Å²) in [5.74, 6) is 0. The lowest BCUT2D eigenvalue weighted by atomic mass is 10.1. The predicted molar refractivity (Wildman–Crippen MR) is 62.9 cm³/mol. The Morgan fingerprint density at radius 3 is 2.94 bits per heavy atom. The van der Waals surface area contributed by atoms with Gasteiger partial charge in [-0.1, -0.05) is 17.7 Å². The van der Waals surface area contributed by atoms with Gasteiger partial charge in [0.1, 0.15) is 5.69 Å². The second kappa shape index (κ2) is 4.81. The molecule has 4 nitrogen and oxygen atoms in total. The Morgan fingerprint density at radius 2 is 2.35 bits per heavy atom. The number of benzene rings is 1. The molecule has 0 fully saturated rings. The molecule has 17 heavy (non-hydrogen) atoms. The van der Waals surface area contributed by atoms with Gasteiger partial charge in [-0.2, -0.15) is 5.26 Å². The molecule has 0 saturated heterocycles. The maximum Gasteiger partial charge on any atom is 0.169 e. The normalized spacial score (nSPS) is 9.88. The summed E-state index contributed by atoms with van der Waals surface area (Å²) in [6.45, 7) is 0.519. The molecule has 1 heterocycles. The average molecular weight is 246 g/mol. The van der Waals surface area contributed by atoms with Gasteiger partial charge >= 0.3 is 0 Å². The van der Waals surface area contributed by atoms with E-state index < -0.39 is 0 Å². The molecule has 0 saturated carbocycles. The summed E-state index contributed by atoms with van der Waals surface area (Å²) in [6.07, 6.45) is 3.90. The van der Waals surface area contributed by atoms with E-state index in [9.17, 15) is 4.79 Å². The highest BCUT2D eigenvalue weighted by Gasteiger charge is 2.04. The van der Waals surface area contributed by atoms with Gasteiger partial charge in [0.05, 0.1) is 18.0 Å². The highest BCUT2D eigenvalue weighted by Crippen LogP contribution is 2.18. The Morgan fingerprint density at radius 1 is 1.53 bits per heavy atom. The van der Waals surface area contributed by atoms with Gasteiger partial charge in [0.25, 0.3) is 0 Å². The molecule has 0 atom stereocenters. The number of aldehydes is 1. The molecule has 0 spiro atoms. The fourth-order valence-electron chi connectivity index (χ4n) is 1.47. The number of rotatable bonds is 3. The molecule has 0 N–H and O–H groups in total. The Kier molecular flexibility index (Phi) is 3.22. The third-order valence-corrected chi connectivity index (χ3v) is 2.66. The first-order valence-corrected chi connectivity index (χ1v) is 5.26. The summed E-state index contributed by atoms with van der Waals surface area (Å²) in [6, 6.07) is 7.14. The Balaban J connectivity index is 2.24. The molecular weight excluding hydrogens is 238 g/mol. The first-order chi connectivity index (χ1) is 8.22. The fourth-order valence-corrected chi connectivity index (χ4v) is 1.71. The predicted octanol–water partition coefficient (Wildman–Crippen LogP) is 2.27. The average Bonchev–Trinajstić information content (AvgIpc) is 2.79. The second-order valence-electron chi connectivity index (χ2n) is 3.51. The first kappa shape index (κ1) is 11.4. The smallest absolute Gasteiger partial charge is 0.169 e. The molecule has 0 aliphatic carbocycles. The van der Waals surface area contributed by atoms with Crippen LogP contribution < -0.4 is 0 Å². The van der Waals surface area contributed by atoms with E-state index >= 15 is 0 Å². The molecule has 0 bridgehead atoms. The fraction of sp³-hybridized carbons (Fsp3) is 0.0833. The van der Waals surface area contributed by atoms with Crippen LogP contribution in [0, 0.1) is 11.3 Å². The standard InChI is InChI=1S/C12H8ClN3O/c13-12-3-9(4-14)1-2-10(12)5-16-6-11(7-17)15-8-16/h1-3,6-8H,5H2. The lowest BCUT2D eigenvalue weighted by molar-refractivity contribution is 0.111. The maximum absolute atomic E-state index is 10.5. The van der Waals surface area contributed by atoms with Crippen LogP contribution in [0.25, 0.3) is 0 Å². The van der Waals surface area contributed by atoms with Gasteiger partial charge in [0, 0.05) is 17.8 Å². The number of imidazole rings is 1. The number of aromatic nitrogens is 2. The minimum atomic E-state index is 0.384. The number of nitriles is 1. The molecule has 0 aliphatic rings. The summed E-state index contributed by atoms with van der Waals surface area (Å²) in [4.78, 5) is 14.4. The number of halogens is 1. The van der Waals surface area contributed by atoms with Crippen LogP contribution in [0.3, 0.4) is 0 Å². The van der Waals surface area contributed by atoms with Crippen molar-refractivity contribution in [2.75, 3.05) is 0 Å². The summed E-state index contributed by atoms with van der Waals surface area (Å²) < 4.78 is 1.76. The summed E-state index contributed by atoms with van der Waals surface area (Å²) >= 11 is 6.04. The molecule has 2 rings (SSSR count). The van der Waals surface area contributed by atoms with E-state index in [1.807, 2.05) is 6.07 Å². The zero-order valence-electron chi connectivity index (χ0n) is 8.80. The SMILES string of the molecule is N#Cc1ccc(Cn2cnc(C=O)c2)c(Cl)c1. The number of hydrogen-bond donors (Lipinski definition) is 0. The zero-order chi connectivity index (χ0) is 12.3. The zero-order valence-corrected chi connectivity index (χ0v) is 9.55. The number of hydrogen-bond acceptors (Lipinski definition) is 3. The van der Waals surface area contributed by atoms with Crippen molar-refractivity contribution in [2.24, 2.45) is 0 Å². The molecule has 84 valence electrons. The Labute approximate surface area is 103 Å². The lowest BCUT2D eigenvalue weighted by Crippen LogP contribution is -1.97. The van der Waals surface area contributed by atoms with Crippen molar-refractivity contribution in [1.29, 1.82) is 5.26 Å². The molecule has 1 aromatic heterocycles. The highest BCUT2D eigenvalue weighted by molar-refractivity contribution is 6.31. The van der Waals surface area contributed by atoms with Crippen molar-refractivity contribution in [3.63, 3.8) is 0 Å². The summed E-state index contributed by atoms with van der Waals surface area (Å²) in [7, 11) is 0. The van der Waals surface area contributed by atoms with E-state index in [0.717, 1.165) is 5.56 Å². The molecule has 0 aliphatic heterocycles. The van der Waals surface area contributed by atoms with E-state index in [0.29, 0.717) is 29.1 Å². The van der Waals surface area contributed by atoms with Crippen LogP contribution in [0.5, 0.6) is 0 Å². The topological polar surface area (TPSA) is 58.7 Å². The van der Waals surface area contributed by atoms with Crippen LogP contribution in [-0.4, -0.2) is 15.8 Å². The summed E-state index contributed by atoms with van der Waals surface area (Å²) in [5.41, 5.74) is 1.79. The molecule has 1 aromatic carbocycles. The number of nitrogens with zero attached hydrogens (tertiary/aromatic N) is 3. The van der Waals surface area contributed by atoms with Crippen molar-refractivity contribution in [3.05, 3.63) is 52.6 Å². The first-order valence-electron chi connectivity index (χ1n) is 4.88. The van der Waals surface area contributed by atoms with Gasteiger partial charge in [-0.05, 0) is 17.7 Å². The van der Waals surface area contributed by atoms with Crippen molar-refractivity contribution >= 4 is 17.9 Å². The van der Waals surface area contributed by atoms with Gasteiger partial charge in [-0.15, -0.1) is 0 Å². The third kappa shape index (κ3) is 2.52. The minimum absolute atomic E-state index is 0.384. The molecule has 2 aromatic rings. The van der Waals surface area contributed by atoms with Gasteiger partial charge in [-0.25, -0.2) is 4.98 Å². The van der Waals surface area contributed by atoms with Crippen molar-refractivity contribution in [3.8, 4) is 6.07 Å². The lowest BCUT2D eigenvalue weighted by Gasteiger charge is -2.05. The van der Waals surface area contributed by atoms with Crippen molar-refractivity contribution in [2.45, 2.75) is 6.54 Å². The van der Waals surface area contributed by atoms with Crippen LogP contribution in [0.15, 0.2) is 30.7 Å². The molecule has 0 amide bonds. The van der Waals surface area contributed by atoms with Gasteiger partial charge in [0.15, 0.2) is 6.29 Å². The van der Waals surface area contributed by atoms with Crippen LogP contribution in [0.4, 0.5) is 0 Å². The van der Waals surface area contributed by atoms with E-state index in [-0.39, 0.29) is 0 Å². The quantitative estimate of drug-likeness (QED) is 0.780. The van der Waals surface area contributed by atoms with Gasteiger partial charge in [0.2, 0.25) is 0 Å². The van der Waals surface area contributed by atoms with Crippen molar-refractivity contribution in [1.82, 2.24) is 9.55 Å². The highest BCUT2D eigenvalue weighted by atomic mass is 35.5. The van der Waals surface area contributed by atoms with Crippen molar-refractivity contribution < 1.29 is 4.79 Å². The maximum atomic E-state index is 10.5. The largest absolute Gasteiger partial charge is 0.332 e. The summed E-state index contributed by atoms with van der Waals surface area (Å²) in [5, 5.41) is 9.25. The molecule has 0 unspecified atom stereocenters. The monoisotopic (exact) mass is 245 g/mol. The van der Waals surface area contributed by atoms with E-state index in [4.69, 9.17) is 16.9 Å². The van der Waals surface area contributed by atoms with Gasteiger partial charge in [-0.3, -0.25) is 4.79 Å². The van der Waals surface area contributed by atoms with E-state index in [1.165, 1.54) is 0 Å². The van der Waals surface area contributed by atoms with E-state index in [2.05, 4.69) is 4.98 Å². The minimum Gasteiger partial charge on any atom is -0.332 e. The van der Waals surface area contributed by atoms with Gasteiger partial charge < -0.3 is 4.57 Å². The third-order valence-electron chi connectivity index (χ3n) is 2.31. The number of carbonyl (C=O) groups is 1. The van der Waals surface area contributed by atoms with Crippen LogP contribution in [-0.2, 0) is 6.54 Å². The second-order valence-corrected chi connectivity index (χ2v) is 3.91. The molecule has 0 radical (unpaired) electrons. The molecular formula is C12H8ClN3O. The number of carbonyl (C=O) groups excluding carboxylic acids is 1. The molecule has 5 heteroatoms. The van der Waals surface area contributed by atoms with Crippen LogP contribution in [0.2, 0.25) is 5.02 Å². The van der Waals surface area contributed by atoms with Crippen LogP contribution >= 0.6 is 11.6 Å².